The van der Waals surface area contributed by atoms with Crippen LogP contribution in [0.4, 0.5) is 0 Å². The first-order valence-electron chi connectivity index (χ1n) is 7.03. The molecule has 0 aliphatic rings. The minimum atomic E-state index is -0.237. The molecule has 0 amide bonds. The van der Waals surface area contributed by atoms with Crippen molar-refractivity contribution in [1.29, 1.82) is 0 Å². The smallest absolute Gasteiger partial charge is 0.253 e. The van der Waals surface area contributed by atoms with E-state index in [0.29, 0.717) is 11.5 Å². The van der Waals surface area contributed by atoms with Gasteiger partial charge < -0.3 is 14.7 Å². The normalized spacial score (nSPS) is 12.5. The summed E-state index contributed by atoms with van der Waals surface area (Å²) in [6.07, 6.45) is 2.12. The van der Waals surface area contributed by atoms with Crippen LogP contribution in [0, 0.1) is 5.92 Å². The Bertz CT molecular complexity index is 688. The summed E-state index contributed by atoms with van der Waals surface area (Å²) in [5.74, 6) is 0.410. The number of H-pyrrole nitrogens is 2. The number of hydrogen-bond acceptors (Lipinski definition) is 3. The molecule has 112 valence electrons. The van der Waals surface area contributed by atoms with Crippen LogP contribution in [0.25, 0.3) is 0 Å². The van der Waals surface area contributed by atoms with Gasteiger partial charge in [0.05, 0.1) is 12.7 Å². The first-order valence-corrected chi connectivity index (χ1v) is 7.03. The van der Waals surface area contributed by atoms with Crippen molar-refractivity contribution in [2.75, 3.05) is 0 Å². The first-order chi connectivity index (χ1) is 10.1. The van der Waals surface area contributed by atoms with Gasteiger partial charge in [-0.25, -0.2) is 0 Å². The Morgan fingerprint density at radius 1 is 1.14 bits per heavy atom. The van der Waals surface area contributed by atoms with Crippen molar-refractivity contribution >= 4 is 0 Å². The molecule has 0 aromatic carbocycles. The monoisotopic (exact) mass is 288 g/mol. The molecule has 0 aliphatic carbocycles. The molecule has 2 aromatic rings. The van der Waals surface area contributed by atoms with Crippen molar-refractivity contribution in [1.82, 2.24) is 9.97 Å². The molecule has 21 heavy (non-hydrogen) atoms. The van der Waals surface area contributed by atoms with Gasteiger partial charge in [0.15, 0.2) is 0 Å². The topological polar surface area (TPSA) is 75.0 Å². The Hall–Kier alpha value is -2.14. The molecule has 1 unspecified atom stereocenters. The number of ether oxygens (including phenoxy) is 1. The molecular formula is C16H20N2O3. The zero-order chi connectivity index (χ0) is 15.2. The predicted octanol–water partition coefficient (Wildman–Crippen LogP) is 2.37. The van der Waals surface area contributed by atoms with Crippen LogP contribution in [-0.2, 0) is 11.3 Å². The van der Waals surface area contributed by atoms with Crippen molar-refractivity contribution in [2.24, 2.45) is 5.92 Å². The van der Waals surface area contributed by atoms with E-state index in [9.17, 15) is 9.59 Å². The lowest BCUT2D eigenvalue weighted by atomic mass is 10.0. The van der Waals surface area contributed by atoms with E-state index in [1.807, 2.05) is 6.07 Å². The van der Waals surface area contributed by atoms with Crippen molar-refractivity contribution in [3.63, 3.8) is 0 Å². The summed E-state index contributed by atoms with van der Waals surface area (Å²) in [6, 6.07) is 8.52. The second kappa shape index (κ2) is 7.04. The number of rotatable bonds is 6. The second-order valence-corrected chi connectivity index (χ2v) is 5.42. The number of aromatic nitrogens is 2. The Kier molecular flexibility index (Phi) is 5.11. The van der Waals surface area contributed by atoms with E-state index >= 15 is 0 Å². The zero-order valence-electron chi connectivity index (χ0n) is 12.3. The molecule has 0 bridgehead atoms. The standard InChI is InChI=1S/C16H20N2O3/c1-11(2)9-14(13-6-3-7-15(19)18-13)21-10-12-5-4-8-17-16(12)20/h3-8,11,14H,9-10H2,1-2H3,(H,17,20)(H,18,19). The fourth-order valence-corrected chi connectivity index (χ4v) is 2.13. The van der Waals surface area contributed by atoms with Crippen LogP contribution in [-0.4, -0.2) is 9.97 Å². The van der Waals surface area contributed by atoms with Gasteiger partial charge in [-0.2, -0.15) is 0 Å². The van der Waals surface area contributed by atoms with Gasteiger partial charge in [0.25, 0.3) is 5.56 Å². The number of nitrogens with one attached hydrogen (secondary N) is 2. The fraction of sp³-hybridized carbons (Fsp3) is 0.375. The maximum atomic E-state index is 11.7. The molecule has 0 fully saturated rings. The fourth-order valence-electron chi connectivity index (χ4n) is 2.13. The molecule has 0 spiro atoms. The average molecular weight is 288 g/mol. The third kappa shape index (κ3) is 4.43. The molecule has 2 rings (SSSR count). The van der Waals surface area contributed by atoms with Gasteiger partial charge >= 0.3 is 0 Å². The van der Waals surface area contributed by atoms with Crippen molar-refractivity contribution in [3.05, 3.63) is 68.5 Å². The Morgan fingerprint density at radius 3 is 2.62 bits per heavy atom. The highest BCUT2D eigenvalue weighted by Gasteiger charge is 2.15. The third-order valence-electron chi connectivity index (χ3n) is 3.16. The molecule has 2 aromatic heterocycles. The summed E-state index contributed by atoms with van der Waals surface area (Å²) < 4.78 is 5.87. The molecule has 0 saturated heterocycles. The van der Waals surface area contributed by atoms with Crippen molar-refractivity contribution in [3.8, 4) is 0 Å². The molecule has 2 heterocycles. The highest BCUT2D eigenvalue weighted by molar-refractivity contribution is 5.10. The molecule has 1 atom stereocenters. The Balaban J connectivity index is 2.15. The predicted molar refractivity (Wildman–Crippen MR) is 81.1 cm³/mol. The summed E-state index contributed by atoms with van der Waals surface area (Å²) in [5, 5.41) is 0. The number of aromatic amines is 2. The zero-order valence-corrected chi connectivity index (χ0v) is 12.3. The van der Waals surface area contributed by atoms with E-state index in [1.54, 1.807) is 24.4 Å². The summed E-state index contributed by atoms with van der Waals surface area (Å²) >= 11 is 0. The van der Waals surface area contributed by atoms with Crippen LogP contribution in [0.1, 0.15) is 37.6 Å². The summed E-state index contributed by atoms with van der Waals surface area (Å²) in [7, 11) is 0. The lowest BCUT2D eigenvalue weighted by Gasteiger charge is -2.19. The van der Waals surface area contributed by atoms with Gasteiger partial charge in [-0.05, 0) is 30.5 Å². The van der Waals surface area contributed by atoms with E-state index in [1.165, 1.54) is 6.07 Å². The van der Waals surface area contributed by atoms with Crippen LogP contribution in [0.3, 0.4) is 0 Å². The van der Waals surface area contributed by atoms with E-state index in [4.69, 9.17) is 4.74 Å². The summed E-state index contributed by atoms with van der Waals surface area (Å²) in [6.45, 7) is 4.39. The minimum absolute atomic E-state index is 0.151. The summed E-state index contributed by atoms with van der Waals surface area (Å²) in [4.78, 5) is 28.5. The number of hydrogen-bond donors (Lipinski definition) is 2. The lowest BCUT2D eigenvalue weighted by molar-refractivity contribution is 0.0224. The minimum Gasteiger partial charge on any atom is -0.367 e. The SMILES string of the molecule is CC(C)CC(OCc1ccc[nH]c1=O)c1cccc(=O)[nH]1. The first kappa shape index (κ1) is 15.3. The Morgan fingerprint density at radius 2 is 1.95 bits per heavy atom. The maximum Gasteiger partial charge on any atom is 0.253 e. The van der Waals surface area contributed by atoms with Crippen LogP contribution < -0.4 is 11.1 Å². The molecule has 0 radical (unpaired) electrons. The van der Waals surface area contributed by atoms with Crippen LogP contribution >= 0.6 is 0 Å². The van der Waals surface area contributed by atoms with E-state index in [2.05, 4.69) is 23.8 Å². The average Bonchev–Trinajstić information content (AvgIpc) is 2.44. The summed E-state index contributed by atoms with van der Waals surface area (Å²) in [5.41, 5.74) is 1.01. The third-order valence-corrected chi connectivity index (χ3v) is 3.16. The highest BCUT2D eigenvalue weighted by atomic mass is 16.5. The van der Waals surface area contributed by atoms with E-state index in [0.717, 1.165) is 12.1 Å². The second-order valence-electron chi connectivity index (χ2n) is 5.42. The van der Waals surface area contributed by atoms with Crippen molar-refractivity contribution < 1.29 is 4.74 Å². The van der Waals surface area contributed by atoms with Gasteiger partial charge in [-0.15, -0.1) is 0 Å². The van der Waals surface area contributed by atoms with E-state index in [-0.39, 0.29) is 23.8 Å². The quantitative estimate of drug-likeness (QED) is 0.857. The van der Waals surface area contributed by atoms with Gasteiger partial charge in [0.2, 0.25) is 5.56 Å². The Labute approximate surface area is 123 Å². The molecular weight excluding hydrogens is 268 g/mol. The van der Waals surface area contributed by atoms with Crippen LogP contribution in [0.2, 0.25) is 0 Å². The van der Waals surface area contributed by atoms with Gasteiger partial charge in [-0.3, -0.25) is 9.59 Å². The highest BCUT2D eigenvalue weighted by Crippen LogP contribution is 2.23. The van der Waals surface area contributed by atoms with Gasteiger partial charge in [0, 0.05) is 23.5 Å². The number of pyridine rings is 2. The van der Waals surface area contributed by atoms with Gasteiger partial charge in [0.1, 0.15) is 0 Å². The lowest BCUT2D eigenvalue weighted by Crippen LogP contribution is -2.17. The molecule has 5 nitrogen and oxygen atoms in total. The van der Waals surface area contributed by atoms with Crippen LogP contribution in [0.15, 0.2) is 46.1 Å². The van der Waals surface area contributed by atoms with Crippen molar-refractivity contribution in [2.45, 2.75) is 33.0 Å². The molecule has 5 heteroatoms. The van der Waals surface area contributed by atoms with Gasteiger partial charge in [-0.1, -0.05) is 19.9 Å². The van der Waals surface area contributed by atoms with Crippen LogP contribution in [0.5, 0.6) is 0 Å². The largest absolute Gasteiger partial charge is 0.367 e. The van der Waals surface area contributed by atoms with E-state index < -0.39 is 0 Å². The maximum absolute atomic E-state index is 11.7. The molecule has 0 aliphatic heterocycles. The molecule has 2 N–H and O–H groups in total. The molecule has 0 saturated carbocycles.